The van der Waals surface area contributed by atoms with Crippen molar-refractivity contribution in [2.24, 2.45) is 0 Å². The molecule has 0 fully saturated rings. The third-order valence-electron chi connectivity index (χ3n) is 6.05. The van der Waals surface area contributed by atoms with Gasteiger partial charge in [0.25, 0.3) is 7.48 Å². The Morgan fingerprint density at radius 3 is 2.45 bits per heavy atom. The molecule has 2 aliphatic rings. The van der Waals surface area contributed by atoms with E-state index in [0.29, 0.717) is 7.48 Å². The number of phenolic OH excluding ortho intramolecular Hbond substituents is 2. The number of benzene rings is 2. The Labute approximate surface area is 178 Å². The van der Waals surface area contributed by atoms with Crippen LogP contribution in [0.4, 0.5) is 0 Å². The van der Waals surface area contributed by atoms with Crippen molar-refractivity contribution in [1.82, 2.24) is 0 Å². The second-order valence-electron chi connectivity index (χ2n) is 7.71. The third-order valence-corrected chi connectivity index (χ3v) is 6.05. The number of hydrogen-bond donors (Lipinski definition) is 3. The summed E-state index contributed by atoms with van der Waals surface area (Å²) in [7, 11) is 1.67. The quantitative estimate of drug-likeness (QED) is 0.410. The molecule has 0 saturated heterocycles. The maximum atomic E-state index is 13.2. The highest BCUT2D eigenvalue weighted by atomic mass is 16.5. The van der Waals surface area contributed by atoms with E-state index in [1.165, 1.54) is 19.2 Å². The number of aliphatic hydroxyl groups is 1. The minimum absolute atomic E-state index is 0.0141. The molecule has 9 heteroatoms. The van der Waals surface area contributed by atoms with Gasteiger partial charge in [0.05, 0.1) is 30.4 Å². The summed E-state index contributed by atoms with van der Waals surface area (Å²) < 4.78 is 10.3. The van der Waals surface area contributed by atoms with Gasteiger partial charge in [0.2, 0.25) is 5.78 Å². The van der Waals surface area contributed by atoms with Crippen LogP contribution in [0.1, 0.15) is 49.4 Å². The topological polar surface area (TPSA) is 130 Å². The molecule has 0 amide bonds. The molecule has 8 nitrogen and oxygen atoms in total. The smallest absolute Gasteiger partial charge is 0.272 e. The van der Waals surface area contributed by atoms with Gasteiger partial charge in [0.15, 0.2) is 11.6 Å². The highest BCUT2D eigenvalue weighted by molar-refractivity contribution is 6.31. The number of phenols is 2. The Morgan fingerprint density at radius 1 is 1.10 bits per heavy atom. The van der Waals surface area contributed by atoms with Gasteiger partial charge < -0.3 is 24.7 Å². The van der Waals surface area contributed by atoms with Crippen molar-refractivity contribution in [3.63, 3.8) is 0 Å². The van der Waals surface area contributed by atoms with Crippen LogP contribution in [0.25, 0.3) is 0 Å². The molecule has 0 saturated carbocycles. The minimum atomic E-state index is -1.80. The van der Waals surface area contributed by atoms with Crippen LogP contribution in [0.2, 0.25) is 6.82 Å². The van der Waals surface area contributed by atoms with E-state index in [1.54, 1.807) is 12.9 Å². The van der Waals surface area contributed by atoms with Gasteiger partial charge in [0.1, 0.15) is 22.8 Å². The normalized spacial score (nSPS) is 19.3. The van der Waals surface area contributed by atoms with Gasteiger partial charge in [-0.15, -0.1) is 0 Å². The van der Waals surface area contributed by atoms with Gasteiger partial charge in [-0.25, -0.2) is 0 Å². The molecule has 0 radical (unpaired) electrons. The van der Waals surface area contributed by atoms with Crippen LogP contribution < -0.4 is 4.74 Å². The van der Waals surface area contributed by atoms with E-state index in [-0.39, 0.29) is 65.0 Å². The Bertz CT molecular complexity index is 1140. The number of carbonyl (C=O) groups is 3. The summed E-state index contributed by atoms with van der Waals surface area (Å²) in [4.78, 5) is 38.9. The molecule has 4 rings (SSSR count). The fraction of sp³-hybridized carbons (Fsp3) is 0.318. The van der Waals surface area contributed by atoms with Crippen molar-refractivity contribution in [2.45, 2.75) is 31.7 Å². The molecule has 0 aromatic heterocycles. The molecular weight excluding hydrogens is 403 g/mol. The molecule has 2 aliphatic carbocycles. The average Bonchev–Trinajstić information content (AvgIpc) is 2.77. The maximum absolute atomic E-state index is 13.2. The Hall–Kier alpha value is -3.17. The Morgan fingerprint density at radius 2 is 1.77 bits per heavy atom. The largest absolute Gasteiger partial charge is 0.507 e. The van der Waals surface area contributed by atoms with Crippen LogP contribution in [0.15, 0.2) is 18.2 Å². The van der Waals surface area contributed by atoms with Gasteiger partial charge >= 0.3 is 0 Å². The first-order chi connectivity index (χ1) is 14.7. The van der Waals surface area contributed by atoms with E-state index in [4.69, 9.17) is 9.39 Å². The van der Waals surface area contributed by atoms with Crippen LogP contribution in [-0.2, 0) is 22.3 Å². The summed E-state index contributed by atoms with van der Waals surface area (Å²) in [5.41, 5.74) is -2.02. The molecular formula is C22H21BO8. The lowest BCUT2D eigenvalue weighted by atomic mass is 9.73. The highest BCUT2D eigenvalue weighted by Gasteiger charge is 2.45. The predicted octanol–water partition coefficient (Wildman–Crippen LogP) is 1.09. The number of ketones is 3. The van der Waals surface area contributed by atoms with Gasteiger partial charge in [-0.05, 0) is 18.9 Å². The number of methoxy groups -OCH3 is 1. The van der Waals surface area contributed by atoms with Gasteiger partial charge in [-0.1, -0.05) is 19.0 Å². The number of ether oxygens (including phenoxy) is 1. The third kappa shape index (κ3) is 3.04. The second-order valence-corrected chi connectivity index (χ2v) is 7.71. The van der Waals surface area contributed by atoms with E-state index in [1.807, 2.05) is 0 Å². The molecule has 0 bridgehead atoms. The summed E-state index contributed by atoms with van der Waals surface area (Å²) in [6.07, 6.45) is -0.274. The van der Waals surface area contributed by atoms with E-state index < -0.39 is 34.4 Å². The number of aromatic hydroxyl groups is 2. The zero-order valence-electron chi connectivity index (χ0n) is 17.2. The predicted molar refractivity (Wildman–Crippen MR) is 111 cm³/mol. The number of rotatable bonds is 5. The zero-order valence-corrected chi connectivity index (χ0v) is 17.2. The standard InChI is InChI=1S/C22H21BO8/c1-23-31-9-14(24)22(29)7-6-10-12(8-22)20(27)16-17(18(10)25)21(28)15-11(19(16)26)4-3-5-13(15)30-2/h3-5,23,25,27,29H,6-9H2,1-2H3/t22-/m1/s1. The van der Waals surface area contributed by atoms with Gasteiger partial charge in [-0.2, -0.15) is 0 Å². The maximum Gasteiger partial charge on any atom is 0.272 e. The highest BCUT2D eigenvalue weighted by Crippen LogP contribution is 2.48. The zero-order chi connectivity index (χ0) is 22.5. The van der Waals surface area contributed by atoms with Crippen molar-refractivity contribution < 1.29 is 39.1 Å². The second kappa shape index (κ2) is 7.51. The number of fused-ring (bicyclic) bond motifs is 3. The molecule has 160 valence electrons. The molecule has 2 aromatic carbocycles. The number of carbonyl (C=O) groups excluding carboxylic acids is 3. The number of hydrogen-bond acceptors (Lipinski definition) is 8. The minimum Gasteiger partial charge on any atom is -0.507 e. The first kappa shape index (κ1) is 21.1. The van der Waals surface area contributed by atoms with Gasteiger partial charge in [-0.3, -0.25) is 14.4 Å². The van der Waals surface area contributed by atoms with Crippen LogP contribution in [0.3, 0.4) is 0 Å². The summed E-state index contributed by atoms with van der Waals surface area (Å²) >= 11 is 0. The molecule has 31 heavy (non-hydrogen) atoms. The lowest BCUT2D eigenvalue weighted by molar-refractivity contribution is -0.140. The fourth-order valence-corrected chi connectivity index (χ4v) is 4.39. The van der Waals surface area contributed by atoms with E-state index in [9.17, 15) is 29.7 Å². The molecule has 2 aromatic rings. The summed E-state index contributed by atoms with van der Waals surface area (Å²) in [6, 6.07) is 4.53. The van der Waals surface area contributed by atoms with Crippen LogP contribution >= 0.6 is 0 Å². The first-order valence-electron chi connectivity index (χ1n) is 9.94. The monoisotopic (exact) mass is 424 g/mol. The molecule has 3 N–H and O–H groups in total. The van der Waals surface area contributed by atoms with Gasteiger partial charge in [0, 0.05) is 23.1 Å². The molecule has 0 heterocycles. The van der Waals surface area contributed by atoms with E-state index >= 15 is 0 Å². The lowest BCUT2D eigenvalue weighted by Crippen LogP contribution is -2.46. The van der Waals surface area contributed by atoms with Crippen molar-refractivity contribution in [1.29, 1.82) is 0 Å². The van der Waals surface area contributed by atoms with Crippen molar-refractivity contribution in [3.05, 3.63) is 51.6 Å². The lowest BCUT2D eigenvalue weighted by Gasteiger charge is -2.34. The molecule has 0 aliphatic heterocycles. The van der Waals surface area contributed by atoms with Crippen molar-refractivity contribution in [2.75, 3.05) is 13.7 Å². The Balaban J connectivity index is 1.87. The van der Waals surface area contributed by atoms with Crippen LogP contribution in [0.5, 0.6) is 17.2 Å². The first-order valence-corrected chi connectivity index (χ1v) is 9.94. The van der Waals surface area contributed by atoms with E-state index in [0.717, 1.165) is 0 Å². The summed E-state index contributed by atoms with van der Waals surface area (Å²) in [6.45, 7) is 1.43. The van der Waals surface area contributed by atoms with Crippen LogP contribution in [-0.4, -0.2) is 59.5 Å². The Kier molecular flexibility index (Phi) is 5.11. The van der Waals surface area contributed by atoms with E-state index in [2.05, 4.69) is 0 Å². The van der Waals surface area contributed by atoms with Crippen molar-refractivity contribution >= 4 is 24.8 Å². The average molecular weight is 424 g/mol. The molecule has 1 atom stereocenters. The molecule has 0 spiro atoms. The SMILES string of the molecule is CBOCC(=O)[C@@]1(O)CCc2c(O)c3c(c(O)c2C1)C(=O)c1cccc(OC)c1C3=O. The number of Topliss-reactive ketones (excluding diaryl/α,β-unsaturated/α-hetero) is 1. The van der Waals surface area contributed by atoms with Crippen molar-refractivity contribution in [3.8, 4) is 17.2 Å². The summed E-state index contributed by atoms with van der Waals surface area (Å²) in [5, 5.41) is 32.8. The summed E-state index contributed by atoms with van der Waals surface area (Å²) in [5.74, 6) is -2.56. The van der Waals surface area contributed by atoms with Crippen LogP contribution in [0, 0.1) is 0 Å². The molecule has 0 unspecified atom stereocenters. The fourth-order valence-electron chi connectivity index (χ4n) is 4.39.